The van der Waals surface area contributed by atoms with Crippen molar-refractivity contribution < 1.29 is 0 Å². The summed E-state index contributed by atoms with van der Waals surface area (Å²) >= 11 is 1.63. The van der Waals surface area contributed by atoms with Gasteiger partial charge in [-0.05, 0) is 0 Å². The molecule has 1 aliphatic heterocycles. The average Bonchev–Trinajstić information content (AvgIpc) is 2.35. The van der Waals surface area contributed by atoms with Gasteiger partial charge < -0.3 is 0 Å². The van der Waals surface area contributed by atoms with Gasteiger partial charge in [0.05, 0.1) is 0 Å². The van der Waals surface area contributed by atoms with E-state index in [1.807, 2.05) is 0 Å². The molecule has 0 saturated carbocycles. The van der Waals surface area contributed by atoms with Crippen LogP contribution in [0.25, 0.3) is 0 Å². The van der Waals surface area contributed by atoms with E-state index in [2.05, 4.69) is 17.1 Å². The van der Waals surface area contributed by atoms with Crippen molar-refractivity contribution in [2.24, 2.45) is 0 Å². The molecule has 10 heavy (non-hydrogen) atoms. The van der Waals surface area contributed by atoms with Crippen LogP contribution in [0.3, 0.4) is 0 Å². The number of thioether (sulfide) groups is 1. The highest BCUT2D eigenvalue weighted by atomic mass is 32.2. The summed E-state index contributed by atoms with van der Waals surface area (Å²) < 4.78 is 1.66. The Hall–Kier alpha value is -0.710. The molecule has 54 valence electrons. The van der Waals surface area contributed by atoms with Crippen LogP contribution >= 0.6 is 11.8 Å². The third-order valence-corrected chi connectivity index (χ3v) is 2.54. The number of aromatic nitrogens is 3. The number of nitrogens with one attached hydrogen (secondary N) is 1. The first-order chi connectivity index (χ1) is 4.77. The second kappa shape index (κ2) is 1.88. The molecule has 4 nitrogen and oxygen atoms in total. The number of hydrogen-bond acceptors (Lipinski definition) is 3. The lowest BCUT2D eigenvalue weighted by molar-refractivity contribution is 0.648. The van der Waals surface area contributed by atoms with Crippen LogP contribution < -0.4 is 5.69 Å². The van der Waals surface area contributed by atoms with Crippen molar-refractivity contribution >= 4 is 11.8 Å². The molecule has 1 N–H and O–H groups in total. The van der Waals surface area contributed by atoms with E-state index >= 15 is 0 Å². The molecule has 0 amide bonds. The van der Waals surface area contributed by atoms with Crippen molar-refractivity contribution in [1.29, 1.82) is 0 Å². The monoisotopic (exact) mass is 157 g/mol. The maximum atomic E-state index is 10.9. The van der Waals surface area contributed by atoms with E-state index in [0.29, 0.717) is 5.25 Å². The Kier molecular flexibility index (Phi) is 1.14. The smallest absolute Gasteiger partial charge is 0.269 e. The fraction of sp³-hybridized carbons (Fsp3) is 0.600. The lowest BCUT2D eigenvalue weighted by Crippen LogP contribution is -2.17. The van der Waals surface area contributed by atoms with E-state index in [4.69, 9.17) is 0 Å². The molecule has 1 atom stereocenters. The summed E-state index contributed by atoms with van der Waals surface area (Å²) in [7, 11) is 0. The normalized spacial score (nSPS) is 23.1. The van der Waals surface area contributed by atoms with Crippen molar-refractivity contribution in [3.8, 4) is 0 Å². The van der Waals surface area contributed by atoms with Crippen molar-refractivity contribution in [2.75, 3.05) is 0 Å². The van der Waals surface area contributed by atoms with Crippen molar-refractivity contribution in [1.82, 2.24) is 14.8 Å². The number of aromatic amines is 1. The largest absolute Gasteiger partial charge is 0.344 e. The number of nitrogens with zero attached hydrogens (tertiary/aromatic N) is 2. The Morgan fingerprint density at radius 1 is 1.90 bits per heavy atom. The van der Waals surface area contributed by atoms with Gasteiger partial charge >= 0.3 is 5.69 Å². The summed E-state index contributed by atoms with van der Waals surface area (Å²) in [5.41, 5.74) is -0.0909. The van der Waals surface area contributed by atoms with Crippen LogP contribution in [-0.2, 0) is 6.54 Å². The van der Waals surface area contributed by atoms with E-state index in [-0.39, 0.29) is 5.69 Å². The van der Waals surface area contributed by atoms with Crippen molar-refractivity contribution in [2.45, 2.75) is 23.9 Å². The molecule has 0 aliphatic carbocycles. The van der Waals surface area contributed by atoms with Gasteiger partial charge in [0.2, 0.25) is 0 Å². The molecule has 0 aromatic carbocycles. The number of hydrogen-bond donors (Lipinski definition) is 1. The summed E-state index contributed by atoms with van der Waals surface area (Å²) in [6, 6.07) is 0. The number of rotatable bonds is 0. The molecule has 2 rings (SSSR count). The van der Waals surface area contributed by atoms with Crippen molar-refractivity contribution in [3.63, 3.8) is 0 Å². The molecule has 0 spiro atoms. The van der Waals surface area contributed by atoms with Crippen LogP contribution in [0.5, 0.6) is 0 Å². The fourth-order valence-electron chi connectivity index (χ4n) is 1.03. The van der Waals surface area contributed by atoms with E-state index < -0.39 is 0 Å². The van der Waals surface area contributed by atoms with Crippen LogP contribution in [0.1, 0.15) is 6.92 Å². The van der Waals surface area contributed by atoms with Gasteiger partial charge in [-0.3, -0.25) is 4.57 Å². The second-order valence-electron chi connectivity index (χ2n) is 2.35. The lowest BCUT2D eigenvalue weighted by Gasteiger charge is -1.93. The van der Waals surface area contributed by atoms with E-state index in [0.717, 1.165) is 11.7 Å². The topological polar surface area (TPSA) is 50.7 Å². The summed E-state index contributed by atoms with van der Waals surface area (Å²) in [6.45, 7) is 2.87. The van der Waals surface area contributed by atoms with E-state index in [1.54, 1.807) is 16.3 Å². The maximum Gasteiger partial charge on any atom is 0.344 e. The van der Waals surface area contributed by atoms with Crippen LogP contribution in [0.2, 0.25) is 0 Å². The molecule has 2 heterocycles. The zero-order valence-corrected chi connectivity index (χ0v) is 6.31. The Morgan fingerprint density at radius 2 is 2.70 bits per heavy atom. The Morgan fingerprint density at radius 3 is 3.40 bits per heavy atom. The van der Waals surface area contributed by atoms with Crippen molar-refractivity contribution in [3.05, 3.63) is 10.5 Å². The minimum atomic E-state index is -0.0909. The summed E-state index contributed by atoms with van der Waals surface area (Å²) in [6.07, 6.45) is 0. The van der Waals surface area contributed by atoms with Gasteiger partial charge in [0, 0.05) is 11.8 Å². The quantitative estimate of drug-likeness (QED) is 0.579. The number of H-pyrrole nitrogens is 1. The molecule has 1 aromatic rings. The number of fused-ring (bicyclic) bond motifs is 1. The zero-order valence-electron chi connectivity index (χ0n) is 5.50. The first-order valence-corrected chi connectivity index (χ1v) is 3.97. The highest BCUT2D eigenvalue weighted by Gasteiger charge is 2.21. The summed E-state index contributed by atoms with van der Waals surface area (Å²) in [5, 5.41) is 7.54. The van der Waals surface area contributed by atoms with E-state index in [9.17, 15) is 4.79 Å². The van der Waals surface area contributed by atoms with Gasteiger partial charge in [0.25, 0.3) is 0 Å². The SMILES string of the molecule is C[C@H]1Cn2c(n[nH]c2=O)S1. The predicted octanol–water partition coefficient (Wildman–Crippen LogP) is 0.0656. The minimum absolute atomic E-state index is 0.0909. The highest BCUT2D eigenvalue weighted by Crippen LogP contribution is 2.27. The van der Waals surface area contributed by atoms with Gasteiger partial charge in [0.1, 0.15) is 0 Å². The molecule has 1 aromatic heterocycles. The zero-order chi connectivity index (χ0) is 7.14. The fourth-order valence-corrected chi connectivity index (χ4v) is 2.00. The molecule has 0 fully saturated rings. The van der Waals surface area contributed by atoms with Gasteiger partial charge in [-0.25, -0.2) is 9.89 Å². The maximum absolute atomic E-state index is 10.9. The van der Waals surface area contributed by atoms with Crippen LogP contribution in [-0.4, -0.2) is 20.0 Å². The van der Waals surface area contributed by atoms with Crippen LogP contribution in [0, 0.1) is 0 Å². The molecule has 5 heteroatoms. The predicted molar refractivity (Wildman–Crippen MR) is 38.2 cm³/mol. The van der Waals surface area contributed by atoms with Gasteiger partial charge in [-0.15, -0.1) is 5.10 Å². The minimum Gasteiger partial charge on any atom is -0.269 e. The summed E-state index contributed by atoms with van der Waals surface area (Å²) in [5.74, 6) is 0. The molecule has 0 saturated heterocycles. The molecule has 0 radical (unpaired) electrons. The Bertz CT molecular complexity index is 302. The lowest BCUT2D eigenvalue weighted by atomic mass is 10.5. The second-order valence-corrected chi connectivity index (χ2v) is 3.76. The Balaban J connectivity index is 2.53. The highest BCUT2D eigenvalue weighted by molar-refractivity contribution is 7.99. The first-order valence-electron chi connectivity index (χ1n) is 3.09. The molecule has 1 aliphatic rings. The third-order valence-electron chi connectivity index (χ3n) is 1.47. The molecule has 0 bridgehead atoms. The standard InChI is InChI=1S/C5H7N3OS/c1-3-2-8-4(9)6-7-5(8)10-3/h3H,2H2,1H3,(H,6,9)/t3-/m0/s1. The van der Waals surface area contributed by atoms with Gasteiger partial charge in [-0.2, -0.15) is 0 Å². The third kappa shape index (κ3) is 0.701. The van der Waals surface area contributed by atoms with Crippen LogP contribution in [0.15, 0.2) is 9.95 Å². The molecular formula is C5H7N3OS. The van der Waals surface area contributed by atoms with Crippen LogP contribution in [0.4, 0.5) is 0 Å². The van der Waals surface area contributed by atoms with Gasteiger partial charge in [-0.1, -0.05) is 18.7 Å². The molecular weight excluding hydrogens is 150 g/mol. The van der Waals surface area contributed by atoms with Gasteiger partial charge in [0.15, 0.2) is 5.16 Å². The van der Waals surface area contributed by atoms with E-state index in [1.165, 1.54) is 0 Å². The average molecular weight is 157 g/mol. The molecule has 0 unspecified atom stereocenters. The Labute approximate surface area is 61.6 Å². The first kappa shape index (κ1) is 6.03. The summed E-state index contributed by atoms with van der Waals surface area (Å²) in [4.78, 5) is 10.9.